The molecule has 0 bridgehead atoms. The Bertz CT molecular complexity index is 609. The standard InChI is InChI=1S/C13H12N2O2S2/c1-7-10(13(16)17-2)11(9-4-3-5-19-9)8(6-14)12(18)15-7/h3-5,11,15,18H,1-2H3. The van der Waals surface area contributed by atoms with Gasteiger partial charge in [-0.25, -0.2) is 4.79 Å². The Morgan fingerprint density at radius 3 is 2.89 bits per heavy atom. The van der Waals surface area contributed by atoms with Crippen LogP contribution < -0.4 is 5.32 Å². The number of nitriles is 1. The first-order valence-electron chi connectivity index (χ1n) is 5.52. The molecule has 2 rings (SSSR count). The molecule has 2 heterocycles. The zero-order valence-electron chi connectivity index (χ0n) is 10.4. The van der Waals surface area contributed by atoms with E-state index in [9.17, 15) is 10.1 Å². The molecular weight excluding hydrogens is 280 g/mol. The van der Waals surface area contributed by atoms with E-state index in [2.05, 4.69) is 24.0 Å². The molecule has 19 heavy (non-hydrogen) atoms. The van der Waals surface area contributed by atoms with Crippen LogP contribution in [0.1, 0.15) is 17.7 Å². The van der Waals surface area contributed by atoms with Gasteiger partial charge in [0.25, 0.3) is 0 Å². The molecule has 1 unspecified atom stereocenters. The Balaban J connectivity index is 2.61. The second-order valence-corrected chi connectivity index (χ2v) is 5.40. The molecule has 0 amide bonds. The summed E-state index contributed by atoms with van der Waals surface area (Å²) in [7, 11) is 1.33. The highest BCUT2D eigenvalue weighted by Gasteiger charge is 2.34. The fourth-order valence-corrected chi connectivity index (χ4v) is 3.24. The minimum absolute atomic E-state index is 0.411. The van der Waals surface area contributed by atoms with Gasteiger partial charge in [-0.2, -0.15) is 5.26 Å². The van der Waals surface area contributed by atoms with Gasteiger partial charge in [0.15, 0.2) is 0 Å². The van der Waals surface area contributed by atoms with E-state index in [1.807, 2.05) is 17.5 Å². The van der Waals surface area contributed by atoms with Crippen LogP contribution in [-0.2, 0) is 9.53 Å². The van der Waals surface area contributed by atoms with Gasteiger partial charge in [-0.3, -0.25) is 0 Å². The van der Waals surface area contributed by atoms with E-state index in [-0.39, 0.29) is 0 Å². The molecule has 4 nitrogen and oxygen atoms in total. The molecule has 1 N–H and O–H groups in total. The van der Waals surface area contributed by atoms with Gasteiger partial charge in [0.2, 0.25) is 0 Å². The average molecular weight is 292 g/mol. The third kappa shape index (κ3) is 2.39. The monoisotopic (exact) mass is 292 g/mol. The van der Waals surface area contributed by atoms with Crippen molar-refractivity contribution in [2.75, 3.05) is 7.11 Å². The van der Waals surface area contributed by atoms with Crippen molar-refractivity contribution in [2.24, 2.45) is 0 Å². The molecular formula is C13H12N2O2S2. The highest BCUT2D eigenvalue weighted by molar-refractivity contribution is 7.84. The summed E-state index contributed by atoms with van der Waals surface area (Å²) in [4.78, 5) is 12.9. The van der Waals surface area contributed by atoms with Crippen LogP contribution in [0.3, 0.4) is 0 Å². The van der Waals surface area contributed by atoms with Crippen molar-refractivity contribution in [3.63, 3.8) is 0 Å². The van der Waals surface area contributed by atoms with Crippen LogP contribution >= 0.6 is 24.0 Å². The molecule has 6 heteroatoms. The number of ether oxygens (including phenoxy) is 1. The largest absolute Gasteiger partial charge is 0.466 e. The molecule has 0 aromatic carbocycles. The van der Waals surface area contributed by atoms with Crippen molar-refractivity contribution in [1.82, 2.24) is 5.32 Å². The van der Waals surface area contributed by atoms with Crippen LogP contribution in [0.5, 0.6) is 0 Å². The SMILES string of the molecule is COC(=O)C1=C(C)NC(S)=C(C#N)C1c1cccs1. The molecule has 98 valence electrons. The van der Waals surface area contributed by atoms with Crippen molar-refractivity contribution in [2.45, 2.75) is 12.8 Å². The second kappa shape index (κ2) is 5.51. The maximum Gasteiger partial charge on any atom is 0.336 e. The topological polar surface area (TPSA) is 62.1 Å². The fourth-order valence-electron chi connectivity index (χ4n) is 2.05. The van der Waals surface area contributed by atoms with Gasteiger partial charge in [-0.05, 0) is 18.4 Å². The van der Waals surface area contributed by atoms with Crippen LogP contribution in [-0.4, -0.2) is 13.1 Å². The van der Waals surface area contributed by atoms with Crippen LogP contribution in [0.4, 0.5) is 0 Å². The van der Waals surface area contributed by atoms with E-state index in [0.29, 0.717) is 21.9 Å². The van der Waals surface area contributed by atoms with Gasteiger partial charge >= 0.3 is 5.97 Å². The number of hydrogen-bond acceptors (Lipinski definition) is 6. The van der Waals surface area contributed by atoms with E-state index in [4.69, 9.17) is 4.74 Å². The lowest BCUT2D eigenvalue weighted by atomic mass is 9.87. The number of hydrogen-bond donors (Lipinski definition) is 2. The summed E-state index contributed by atoms with van der Waals surface area (Å²) in [5.74, 6) is -0.844. The Kier molecular flexibility index (Phi) is 3.98. The maximum absolute atomic E-state index is 12.0. The third-order valence-electron chi connectivity index (χ3n) is 2.90. The third-order valence-corrected chi connectivity index (χ3v) is 4.19. The number of nitrogens with zero attached hydrogens (tertiary/aromatic N) is 1. The summed E-state index contributed by atoms with van der Waals surface area (Å²) in [6.45, 7) is 1.78. The van der Waals surface area contributed by atoms with E-state index in [0.717, 1.165) is 4.88 Å². The molecule has 0 spiro atoms. The van der Waals surface area contributed by atoms with E-state index >= 15 is 0 Å². The van der Waals surface area contributed by atoms with Crippen molar-refractivity contribution >= 4 is 29.9 Å². The van der Waals surface area contributed by atoms with Gasteiger partial charge in [-0.15, -0.1) is 24.0 Å². The summed E-state index contributed by atoms with van der Waals surface area (Å²) in [5.41, 5.74) is 1.55. The molecule has 0 saturated heterocycles. The average Bonchev–Trinajstić information content (AvgIpc) is 2.90. The number of dihydropyridines is 1. The quantitative estimate of drug-likeness (QED) is 0.649. The summed E-state index contributed by atoms with van der Waals surface area (Å²) >= 11 is 5.78. The highest BCUT2D eigenvalue weighted by Crippen LogP contribution is 2.40. The Morgan fingerprint density at radius 1 is 1.63 bits per heavy atom. The number of thiol groups is 1. The first-order chi connectivity index (χ1) is 9.10. The van der Waals surface area contributed by atoms with E-state index in [1.165, 1.54) is 18.4 Å². The molecule has 0 radical (unpaired) electrons. The Hall–Kier alpha value is -1.71. The van der Waals surface area contributed by atoms with Crippen molar-refractivity contribution < 1.29 is 9.53 Å². The number of esters is 1. The molecule has 1 aliphatic heterocycles. The molecule has 0 fully saturated rings. The predicted molar refractivity (Wildman–Crippen MR) is 76.5 cm³/mol. The van der Waals surface area contributed by atoms with Crippen molar-refractivity contribution in [3.8, 4) is 6.07 Å². The molecule has 1 aromatic heterocycles. The number of carbonyl (C=O) groups is 1. The van der Waals surface area contributed by atoms with Crippen LogP contribution in [0.2, 0.25) is 0 Å². The Labute approximate surface area is 120 Å². The molecule has 0 aliphatic carbocycles. The fraction of sp³-hybridized carbons (Fsp3) is 0.231. The second-order valence-electron chi connectivity index (χ2n) is 3.98. The van der Waals surface area contributed by atoms with Crippen molar-refractivity contribution in [1.29, 1.82) is 5.26 Å². The van der Waals surface area contributed by atoms with Crippen LogP contribution in [0.25, 0.3) is 0 Å². The van der Waals surface area contributed by atoms with Crippen LogP contribution in [0, 0.1) is 11.3 Å². The lowest BCUT2D eigenvalue weighted by molar-refractivity contribution is -0.136. The number of carbonyl (C=O) groups excluding carboxylic acids is 1. The summed E-state index contributed by atoms with van der Waals surface area (Å²) in [6, 6.07) is 5.91. The number of methoxy groups -OCH3 is 1. The number of allylic oxidation sites excluding steroid dienone is 2. The minimum atomic E-state index is -0.433. The molecule has 1 aromatic rings. The van der Waals surface area contributed by atoms with E-state index in [1.54, 1.807) is 6.92 Å². The van der Waals surface area contributed by atoms with Gasteiger partial charge in [0.05, 0.1) is 35.3 Å². The lowest BCUT2D eigenvalue weighted by Gasteiger charge is -2.26. The van der Waals surface area contributed by atoms with Gasteiger partial charge in [-0.1, -0.05) is 6.07 Å². The van der Waals surface area contributed by atoms with Gasteiger partial charge < -0.3 is 10.1 Å². The maximum atomic E-state index is 12.0. The van der Waals surface area contributed by atoms with Crippen molar-refractivity contribution in [3.05, 3.63) is 44.3 Å². The van der Waals surface area contributed by atoms with Gasteiger partial charge in [0, 0.05) is 10.6 Å². The van der Waals surface area contributed by atoms with E-state index < -0.39 is 11.9 Å². The Morgan fingerprint density at radius 2 is 2.37 bits per heavy atom. The summed E-state index contributed by atoms with van der Waals surface area (Å²) < 4.78 is 4.83. The zero-order valence-corrected chi connectivity index (χ0v) is 12.1. The lowest BCUT2D eigenvalue weighted by Crippen LogP contribution is -2.27. The highest BCUT2D eigenvalue weighted by atomic mass is 32.1. The summed E-state index contributed by atoms with van der Waals surface area (Å²) in [5, 5.41) is 14.7. The normalized spacial score (nSPS) is 18.9. The zero-order chi connectivity index (χ0) is 14.0. The number of rotatable bonds is 2. The summed E-state index contributed by atoms with van der Waals surface area (Å²) in [6.07, 6.45) is 0. The molecule has 0 saturated carbocycles. The smallest absolute Gasteiger partial charge is 0.336 e. The predicted octanol–water partition coefficient (Wildman–Crippen LogP) is 2.55. The number of thiophene rings is 1. The van der Waals surface area contributed by atoms with Gasteiger partial charge in [0.1, 0.15) is 0 Å². The molecule has 1 aliphatic rings. The first kappa shape index (κ1) is 13.7. The first-order valence-corrected chi connectivity index (χ1v) is 6.85. The minimum Gasteiger partial charge on any atom is -0.466 e. The number of nitrogens with one attached hydrogen (secondary N) is 1. The molecule has 1 atom stereocenters. The van der Waals surface area contributed by atoms with Crippen LogP contribution in [0.15, 0.2) is 39.4 Å².